The van der Waals surface area contributed by atoms with Crippen molar-refractivity contribution in [3.05, 3.63) is 0 Å². The van der Waals surface area contributed by atoms with E-state index in [-0.39, 0.29) is 12.8 Å². The van der Waals surface area contributed by atoms with Crippen molar-refractivity contribution in [2.24, 2.45) is 11.5 Å². The lowest BCUT2D eigenvalue weighted by molar-refractivity contribution is -0.178. The fraction of sp³-hybridized carbons (Fsp3) is 0.500. The zero-order valence-electron chi connectivity index (χ0n) is 12.3. The predicted molar refractivity (Wildman–Crippen MR) is 71.9 cm³/mol. The van der Waals surface area contributed by atoms with Gasteiger partial charge in [0.25, 0.3) is 0 Å². The number of nitrogens with two attached hydrogens (primary N) is 2. The minimum absolute atomic E-state index is 0.338. The summed E-state index contributed by atoms with van der Waals surface area (Å²) in [5, 5.41) is 16.8. The first-order chi connectivity index (χ1) is 11.0. The average molecular weight is 348 g/mol. The van der Waals surface area contributed by atoms with E-state index in [1.165, 1.54) is 0 Å². The molecule has 0 rings (SSSR count). The van der Waals surface area contributed by atoms with Crippen LogP contribution in [0.4, 0.5) is 0 Å². The molecule has 0 heterocycles. The third-order valence-electron chi connectivity index (χ3n) is 2.50. The van der Waals surface area contributed by atoms with Crippen molar-refractivity contribution in [1.29, 1.82) is 0 Å². The highest BCUT2D eigenvalue weighted by Crippen LogP contribution is 2.01. The summed E-state index contributed by atoms with van der Waals surface area (Å²) in [5.41, 5.74) is 10.5. The lowest BCUT2D eigenvalue weighted by atomic mass is 10.2. The molecule has 0 fully saturated rings. The van der Waals surface area contributed by atoms with Crippen LogP contribution in [0.2, 0.25) is 0 Å². The standard InChI is InChI=1S/C12H16N2O10/c13-5(1-3-7(15)16)9(19)23-11(21)12(22)24-10(20)6(14)2-4-8(17)18/h5-6H,1-4,13-14H2,(H,15,16)(H,17,18)/t5-,6-/m0/s1. The second-order valence-corrected chi connectivity index (χ2v) is 4.49. The molecule has 0 bridgehead atoms. The smallest absolute Gasteiger partial charge is 0.425 e. The third kappa shape index (κ3) is 8.55. The summed E-state index contributed by atoms with van der Waals surface area (Å²) >= 11 is 0. The molecule has 0 aliphatic carbocycles. The van der Waals surface area contributed by atoms with Crippen LogP contribution in [-0.2, 0) is 38.2 Å². The van der Waals surface area contributed by atoms with Crippen LogP contribution in [0, 0.1) is 0 Å². The van der Waals surface area contributed by atoms with Crippen LogP contribution in [0.25, 0.3) is 0 Å². The molecule has 12 heteroatoms. The normalized spacial score (nSPS) is 12.6. The molecule has 0 amide bonds. The minimum atomic E-state index is -1.84. The molecule has 134 valence electrons. The molecule has 0 aromatic carbocycles. The van der Waals surface area contributed by atoms with Crippen LogP contribution in [0.1, 0.15) is 25.7 Å². The lowest BCUT2D eigenvalue weighted by Gasteiger charge is -2.10. The molecule has 6 N–H and O–H groups in total. The second kappa shape index (κ2) is 10.0. The van der Waals surface area contributed by atoms with E-state index in [0.717, 1.165) is 0 Å². The van der Waals surface area contributed by atoms with Crippen LogP contribution < -0.4 is 11.5 Å². The van der Waals surface area contributed by atoms with Crippen molar-refractivity contribution in [2.75, 3.05) is 0 Å². The molecule has 0 aliphatic rings. The van der Waals surface area contributed by atoms with Gasteiger partial charge in [0.05, 0.1) is 0 Å². The van der Waals surface area contributed by atoms with Gasteiger partial charge in [-0.25, -0.2) is 19.2 Å². The van der Waals surface area contributed by atoms with Gasteiger partial charge in [0, 0.05) is 12.8 Å². The summed E-state index contributed by atoms with van der Waals surface area (Å²) in [5.74, 6) is -8.90. The quantitative estimate of drug-likeness (QED) is 0.204. The molecule has 0 saturated heterocycles. The number of hydrogen-bond acceptors (Lipinski definition) is 10. The summed E-state index contributed by atoms with van der Waals surface area (Å²) in [7, 11) is 0. The fourth-order valence-corrected chi connectivity index (χ4v) is 1.21. The molecule has 12 nitrogen and oxygen atoms in total. The lowest BCUT2D eigenvalue weighted by Crippen LogP contribution is -2.39. The van der Waals surface area contributed by atoms with E-state index >= 15 is 0 Å². The van der Waals surface area contributed by atoms with Crippen molar-refractivity contribution in [3.8, 4) is 0 Å². The van der Waals surface area contributed by atoms with Crippen LogP contribution in [0.3, 0.4) is 0 Å². The van der Waals surface area contributed by atoms with E-state index in [4.69, 9.17) is 21.7 Å². The fourth-order valence-electron chi connectivity index (χ4n) is 1.21. The van der Waals surface area contributed by atoms with Gasteiger partial charge in [0.2, 0.25) is 0 Å². The van der Waals surface area contributed by atoms with Crippen LogP contribution >= 0.6 is 0 Å². The third-order valence-corrected chi connectivity index (χ3v) is 2.50. The Morgan fingerprint density at radius 1 is 0.708 bits per heavy atom. The number of aliphatic carboxylic acids is 2. The molecular weight excluding hydrogens is 332 g/mol. The largest absolute Gasteiger partial charge is 0.481 e. The van der Waals surface area contributed by atoms with Gasteiger partial charge in [0.15, 0.2) is 0 Å². The Morgan fingerprint density at radius 2 is 1.00 bits per heavy atom. The highest BCUT2D eigenvalue weighted by molar-refractivity contribution is 6.33. The summed E-state index contributed by atoms with van der Waals surface area (Å²) in [4.78, 5) is 65.7. The first-order valence-electron chi connectivity index (χ1n) is 6.51. The molecule has 0 saturated carbocycles. The van der Waals surface area contributed by atoms with Gasteiger partial charge in [-0.05, 0) is 12.8 Å². The molecule has 0 unspecified atom stereocenters. The Bertz CT molecular complexity index is 496. The van der Waals surface area contributed by atoms with E-state index in [1.54, 1.807) is 0 Å². The number of hydrogen-bond donors (Lipinski definition) is 4. The molecular formula is C12H16N2O10. The van der Waals surface area contributed by atoms with E-state index in [2.05, 4.69) is 9.47 Å². The van der Waals surface area contributed by atoms with Crippen LogP contribution in [0.5, 0.6) is 0 Å². The Morgan fingerprint density at radius 3 is 1.25 bits per heavy atom. The Labute approximate surface area is 134 Å². The predicted octanol–water partition coefficient (Wildman–Crippen LogP) is -2.49. The SMILES string of the molecule is N[C@@H](CCC(=O)O)C(=O)OC(=O)C(=O)OC(=O)[C@@H](N)CCC(=O)O. The number of carboxylic acid groups (broad SMARTS) is 2. The topological polar surface area (TPSA) is 213 Å². The van der Waals surface area contributed by atoms with Crippen LogP contribution in [-0.4, -0.2) is 58.1 Å². The summed E-state index contributed by atoms with van der Waals surface area (Å²) < 4.78 is 8.06. The Balaban J connectivity index is 4.38. The zero-order chi connectivity index (χ0) is 18.9. The summed E-state index contributed by atoms with van der Waals surface area (Å²) in [6.07, 6.45) is -1.61. The van der Waals surface area contributed by atoms with E-state index in [0.29, 0.717) is 0 Å². The molecule has 0 aromatic heterocycles. The van der Waals surface area contributed by atoms with E-state index in [1.807, 2.05) is 0 Å². The summed E-state index contributed by atoms with van der Waals surface area (Å²) in [6, 6.07) is -2.93. The number of rotatable bonds is 8. The highest BCUT2D eigenvalue weighted by atomic mass is 16.6. The number of carboxylic acids is 2. The average Bonchev–Trinajstić information content (AvgIpc) is 2.49. The van der Waals surface area contributed by atoms with Crippen molar-refractivity contribution in [3.63, 3.8) is 0 Å². The van der Waals surface area contributed by atoms with E-state index < -0.39 is 60.7 Å². The van der Waals surface area contributed by atoms with Crippen molar-refractivity contribution in [2.45, 2.75) is 37.8 Å². The Hall–Kier alpha value is -2.86. The zero-order valence-corrected chi connectivity index (χ0v) is 12.3. The molecule has 0 aromatic rings. The van der Waals surface area contributed by atoms with E-state index in [9.17, 15) is 28.8 Å². The van der Waals surface area contributed by atoms with Crippen LogP contribution in [0.15, 0.2) is 0 Å². The number of esters is 4. The minimum Gasteiger partial charge on any atom is -0.481 e. The number of carbonyl (C=O) groups is 6. The maximum atomic E-state index is 11.3. The highest BCUT2D eigenvalue weighted by Gasteiger charge is 2.29. The maximum absolute atomic E-state index is 11.3. The van der Waals surface area contributed by atoms with Crippen molar-refractivity contribution < 1.29 is 48.5 Å². The van der Waals surface area contributed by atoms with Gasteiger partial charge >= 0.3 is 35.8 Å². The number of carbonyl (C=O) groups excluding carboxylic acids is 4. The van der Waals surface area contributed by atoms with Crippen molar-refractivity contribution >= 4 is 35.8 Å². The molecule has 0 aliphatic heterocycles. The van der Waals surface area contributed by atoms with Gasteiger partial charge in [0.1, 0.15) is 12.1 Å². The molecule has 0 radical (unpaired) electrons. The first kappa shape index (κ1) is 21.1. The molecule has 2 atom stereocenters. The maximum Gasteiger partial charge on any atom is 0.425 e. The Kier molecular flexibility index (Phi) is 8.82. The van der Waals surface area contributed by atoms with Gasteiger partial charge < -0.3 is 31.2 Å². The van der Waals surface area contributed by atoms with Gasteiger partial charge in [-0.2, -0.15) is 0 Å². The monoisotopic (exact) mass is 348 g/mol. The summed E-state index contributed by atoms with van der Waals surface area (Å²) in [6.45, 7) is 0. The second-order valence-electron chi connectivity index (χ2n) is 4.49. The molecule has 0 spiro atoms. The first-order valence-corrected chi connectivity index (χ1v) is 6.51. The molecule has 24 heavy (non-hydrogen) atoms. The van der Waals surface area contributed by atoms with Crippen molar-refractivity contribution in [1.82, 2.24) is 0 Å². The van der Waals surface area contributed by atoms with Gasteiger partial charge in [-0.1, -0.05) is 0 Å². The van der Waals surface area contributed by atoms with Gasteiger partial charge in [-0.3, -0.25) is 9.59 Å². The number of ether oxygens (including phenoxy) is 2. The van der Waals surface area contributed by atoms with Gasteiger partial charge in [-0.15, -0.1) is 0 Å².